The Morgan fingerprint density at radius 2 is 2.05 bits per heavy atom. The normalized spacial score (nSPS) is 21.0. The number of rotatable bonds is 5. The molecule has 1 aliphatic rings. The van der Waals surface area contributed by atoms with E-state index in [-0.39, 0.29) is 11.8 Å². The van der Waals surface area contributed by atoms with E-state index in [4.69, 9.17) is 4.74 Å². The summed E-state index contributed by atoms with van der Waals surface area (Å²) in [5, 5.41) is 0. The fourth-order valence-corrected chi connectivity index (χ4v) is 2.74. The summed E-state index contributed by atoms with van der Waals surface area (Å²) in [5.41, 5.74) is 0.707. The molecule has 1 aliphatic heterocycles. The number of ether oxygens (including phenoxy) is 1. The van der Waals surface area contributed by atoms with Crippen LogP contribution in [-0.4, -0.2) is 62.0 Å². The number of likely N-dealkylation sites (N-methyl/N-ethyl adjacent to an activating group) is 2. The number of para-hydroxylation sites is 1. The van der Waals surface area contributed by atoms with Gasteiger partial charge in [0.25, 0.3) is 0 Å². The molecule has 0 radical (unpaired) electrons. The lowest BCUT2D eigenvalue weighted by atomic mass is 10.0. The molecule has 2 rings (SSSR count). The van der Waals surface area contributed by atoms with Crippen LogP contribution in [0.1, 0.15) is 30.1 Å². The number of nitrogens with zero attached hydrogens (tertiary/aromatic N) is 2. The van der Waals surface area contributed by atoms with Crippen LogP contribution in [-0.2, 0) is 0 Å². The Kier molecular flexibility index (Phi) is 5.76. The van der Waals surface area contributed by atoms with Crippen LogP contribution in [0.2, 0.25) is 0 Å². The van der Waals surface area contributed by atoms with Gasteiger partial charge in [0.1, 0.15) is 5.75 Å². The highest BCUT2D eigenvalue weighted by molar-refractivity contribution is 6.02. The van der Waals surface area contributed by atoms with Crippen LogP contribution < -0.4 is 4.74 Å². The number of carbonyl (C=O) groups excluding carboxylic acids is 1. The second-order valence-electron chi connectivity index (χ2n) is 5.82. The number of benzene rings is 1. The van der Waals surface area contributed by atoms with Crippen molar-refractivity contribution in [1.29, 1.82) is 0 Å². The van der Waals surface area contributed by atoms with E-state index in [0.29, 0.717) is 17.9 Å². The molecular weight excluding hydrogens is 264 g/mol. The average Bonchev–Trinajstić information content (AvgIpc) is 2.66. The SMILES string of the molecule is CCCOc1ccccc1C(=O)C1CN(C)CCCN1C. The maximum atomic E-state index is 12.9. The fraction of sp³-hybridized carbons (Fsp3) is 0.588. The lowest BCUT2D eigenvalue weighted by Crippen LogP contribution is -2.43. The van der Waals surface area contributed by atoms with Gasteiger partial charge in [-0.2, -0.15) is 0 Å². The molecule has 21 heavy (non-hydrogen) atoms. The summed E-state index contributed by atoms with van der Waals surface area (Å²) in [6, 6.07) is 7.51. The predicted molar refractivity (Wildman–Crippen MR) is 85.1 cm³/mol. The van der Waals surface area contributed by atoms with Crippen molar-refractivity contribution in [2.75, 3.05) is 40.3 Å². The van der Waals surface area contributed by atoms with E-state index in [2.05, 4.69) is 23.8 Å². The molecule has 0 saturated carbocycles. The minimum atomic E-state index is -0.0936. The summed E-state index contributed by atoms with van der Waals surface area (Å²) in [6.07, 6.45) is 2.04. The van der Waals surface area contributed by atoms with E-state index in [1.165, 1.54) is 0 Å². The summed E-state index contributed by atoms with van der Waals surface area (Å²) in [7, 11) is 4.12. The third-order valence-corrected chi connectivity index (χ3v) is 3.98. The van der Waals surface area contributed by atoms with Crippen molar-refractivity contribution in [3.05, 3.63) is 29.8 Å². The summed E-state index contributed by atoms with van der Waals surface area (Å²) < 4.78 is 5.74. The first-order valence-corrected chi connectivity index (χ1v) is 7.78. The molecule has 1 atom stereocenters. The van der Waals surface area contributed by atoms with Crippen molar-refractivity contribution < 1.29 is 9.53 Å². The lowest BCUT2D eigenvalue weighted by Gasteiger charge is -2.26. The Balaban J connectivity index is 2.21. The summed E-state index contributed by atoms with van der Waals surface area (Å²) >= 11 is 0. The number of Topliss-reactive ketones (excluding diaryl/α,β-unsaturated/α-hetero) is 1. The molecule has 0 N–H and O–H groups in total. The molecule has 0 spiro atoms. The second kappa shape index (κ2) is 7.57. The topological polar surface area (TPSA) is 32.8 Å². The number of carbonyl (C=O) groups is 1. The first-order valence-electron chi connectivity index (χ1n) is 7.78. The molecule has 1 heterocycles. The van der Waals surface area contributed by atoms with Crippen LogP contribution in [0.3, 0.4) is 0 Å². The molecule has 1 fully saturated rings. The third-order valence-electron chi connectivity index (χ3n) is 3.98. The number of hydrogen-bond acceptors (Lipinski definition) is 4. The van der Waals surface area contributed by atoms with Crippen LogP contribution in [0.25, 0.3) is 0 Å². The van der Waals surface area contributed by atoms with Crippen molar-refractivity contribution in [3.8, 4) is 5.75 Å². The smallest absolute Gasteiger partial charge is 0.184 e. The van der Waals surface area contributed by atoms with Gasteiger partial charge in [-0.1, -0.05) is 19.1 Å². The molecule has 0 bridgehead atoms. The van der Waals surface area contributed by atoms with E-state index < -0.39 is 0 Å². The zero-order valence-corrected chi connectivity index (χ0v) is 13.3. The molecule has 1 unspecified atom stereocenters. The maximum Gasteiger partial charge on any atom is 0.184 e. The van der Waals surface area contributed by atoms with Crippen LogP contribution in [0, 0.1) is 0 Å². The minimum absolute atomic E-state index is 0.0936. The van der Waals surface area contributed by atoms with Crippen LogP contribution in [0.4, 0.5) is 0 Å². The summed E-state index contributed by atoms with van der Waals surface area (Å²) in [5.74, 6) is 0.877. The quantitative estimate of drug-likeness (QED) is 0.779. The standard InChI is InChI=1S/C17H26N2O2/c1-4-12-21-16-9-6-5-8-14(16)17(20)15-13-18(2)10-7-11-19(15)3/h5-6,8-9,15H,4,7,10-13H2,1-3H3. The molecule has 0 aliphatic carbocycles. The Morgan fingerprint density at radius 1 is 1.29 bits per heavy atom. The highest BCUT2D eigenvalue weighted by Crippen LogP contribution is 2.22. The Bertz CT molecular complexity index is 476. The zero-order valence-electron chi connectivity index (χ0n) is 13.3. The van der Waals surface area contributed by atoms with E-state index in [9.17, 15) is 4.79 Å². The molecule has 0 aromatic heterocycles. The molecular formula is C17H26N2O2. The van der Waals surface area contributed by atoms with Gasteiger partial charge < -0.3 is 9.64 Å². The molecule has 116 valence electrons. The van der Waals surface area contributed by atoms with Gasteiger partial charge >= 0.3 is 0 Å². The van der Waals surface area contributed by atoms with Crippen molar-refractivity contribution in [3.63, 3.8) is 0 Å². The Labute approximate surface area is 127 Å². The molecule has 0 amide bonds. The molecule has 1 aromatic rings. The van der Waals surface area contributed by atoms with Gasteiger partial charge in [0.05, 0.1) is 18.2 Å². The van der Waals surface area contributed by atoms with Crippen LogP contribution >= 0.6 is 0 Å². The summed E-state index contributed by atoms with van der Waals surface area (Å²) in [6.45, 7) is 5.49. The van der Waals surface area contributed by atoms with E-state index in [0.717, 1.165) is 32.5 Å². The highest BCUT2D eigenvalue weighted by Gasteiger charge is 2.29. The van der Waals surface area contributed by atoms with Gasteiger partial charge in [0, 0.05) is 6.54 Å². The van der Waals surface area contributed by atoms with Crippen molar-refractivity contribution in [2.45, 2.75) is 25.8 Å². The molecule has 1 saturated heterocycles. The van der Waals surface area contributed by atoms with E-state index in [1.807, 2.05) is 31.3 Å². The number of ketones is 1. The second-order valence-corrected chi connectivity index (χ2v) is 5.82. The maximum absolute atomic E-state index is 12.9. The van der Waals surface area contributed by atoms with Gasteiger partial charge in [0.15, 0.2) is 5.78 Å². The van der Waals surface area contributed by atoms with E-state index >= 15 is 0 Å². The average molecular weight is 290 g/mol. The first kappa shape index (κ1) is 16.0. The fourth-order valence-electron chi connectivity index (χ4n) is 2.74. The lowest BCUT2D eigenvalue weighted by molar-refractivity contribution is 0.0835. The van der Waals surface area contributed by atoms with E-state index in [1.54, 1.807) is 0 Å². The van der Waals surface area contributed by atoms with Gasteiger partial charge in [-0.15, -0.1) is 0 Å². The van der Waals surface area contributed by atoms with Gasteiger partial charge in [0.2, 0.25) is 0 Å². The third kappa shape index (κ3) is 4.05. The first-order chi connectivity index (χ1) is 10.1. The largest absolute Gasteiger partial charge is 0.493 e. The molecule has 4 heteroatoms. The predicted octanol–water partition coefficient (Wildman–Crippen LogP) is 2.29. The molecule has 4 nitrogen and oxygen atoms in total. The Hall–Kier alpha value is -1.39. The number of hydrogen-bond donors (Lipinski definition) is 0. The molecule has 1 aromatic carbocycles. The zero-order chi connectivity index (χ0) is 15.2. The monoisotopic (exact) mass is 290 g/mol. The van der Waals surface area contributed by atoms with Crippen molar-refractivity contribution in [1.82, 2.24) is 9.80 Å². The Morgan fingerprint density at radius 3 is 2.81 bits per heavy atom. The highest BCUT2D eigenvalue weighted by atomic mass is 16.5. The minimum Gasteiger partial charge on any atom is -0.493 e. The van der Waals surface area contributed by atoms with Crippen molar-refractivity contribution >= 4 is 5.78 Å². The van der Waals surface area contributed by atoms with Gasteiger partial charge in [-0.3, -0.25) is 9.69 Å². The van der Waals surface area contributed by atoms with Crippen LogP contribution in [0.5, 0.6) is 5.75 Å². The van der Waals surface area contributed by atoms with Gasteiger partial charge in [-0.25, -0.2) is 0 Å². The van der Waals surface area contributed by atoms with Gasteiger partial charge in [-0.05, 0) is 52.2 Å². The van der Waals surface area contributed by atoms with Crippen LogP contribution in [0.15, 0.2) is 24.3 Å². The van der Waals surface area contributed by atoms with Crippen molar-refractivity contribution in [2.24, 2.45) is 0 Å². The summed E-state index contributed by atoms with van der Waals surface area (Å²) in [4.78, 5) is 17.4.